The number of hydrogen-bond acceptors (Lipinski definition) is 3. The van der Waals surface area contributed by atoms with E-state index in [4.69, 9.17) is 0 Å². The summed E-state index contributed by atoms with van der Waals surface area (Å²) in [5.41, 5.74) is 2.63. The minimum Gasteiger partial charge on any atom is -0.343 e. The van der Waals surface area contributed by atoms with Crippen LogP contribution >= 0.6 is 0 Å². The highest BCUT2D eigenvalue weighted by atomic mass is 32.2. The molecule has 25 heavy (non-hydrogen) atoms. The quantitative estimate of drug-likeness (QED) is 0.910. The number of rotatable bonds is 4. The molecule has 1 fully saturated rings. The van der Waals surface area contributed by atoms with E-state index in [1.807, 2.05) is 31.2 Å². The Morgan fingerprint density at radius 1 is 1.12 bits per heavy atom. The van der Waals surface area contributed by atoms with Crippen LogP contribution in [0.5, 0.6) is 0 Å². The van der Waals surface area contributed by atoms with Gasteiger partial charge in [0.05, 0.1) is 0 Å². The summed E-state index contributed by atoms with van der Waals surface area (Å²) in [7, 11) is -1.84. The Morgan fingerprint density at radius 2 is 1.80 bits per heavy atom. The largest absolute Gasteiger partial charge is 0.343 e. The zero-order valence-electron chi connectivity index (χ0n) is 14.7. The van der Waals surface area contributed by atoms with Gasteiger partial charge in [-0.25, -0.2) is 8.42 Å². The van der Waals surface area contributed by atoms with E-state index >= 15 is 0 Å². The molecule has 0 aliphatic carbocycles. The van der Waals surface area contributed by atoms with Gasteiger partial charge in [-0.2, -0.15) is 4.31 Å². The summed E-state index contributed by atoms with van der Waals surface area (Å²) >= 11 is 0. The molecule has 2 heterocycles. The number of hydrogen-bond donors (Lipinski definition) is 1. The molecule has 1 amide bonds. The SMILES string of the molecule is Cc1cccc(NC(=O)c2cc(S(=O)(=O)N3CCCC3)c(C)n2C)c1. The molecule has 7 heteroatoms. The summed E-state index contributed by atoms with van der Waals surface area (Å²) in [6.07, 6.45) is 1.76. The van der Waals surface area contributed by atoms with Crippen LogP contribution in [-0.2, 0) is 17.1 Å². The lowest BCUT2D eigenvalue weighted by Gasteiger charge is -2.15. The molecule has 0 spiro atoms. The third-order valence-electron chi connectivity index (χ3n) is 4.68. The number of sulfonamides is 1. The number of carbonyl (C=O) groups excluding carboxylic acids is 1. The highest BCUT2D eigenvalue weighted by molar-refractivity contribution is 7.89. The zero-order valence-corrected chi connectivity index (χ0v) is 15.6. The van der Waals surface area contributed by atoms with Crippen LogP contribution in [0.3, 0.4) is 0 Å². The monoisotopic (exact) mass is 361 g/mol. The zero-order chi connectivity index (χ0) is 18.2. The van der Waals surface area contributed by atoms with Gasteiger partial charge in [0.15, 0.2) is 0 Å². The highest BCUT2D eigenvalue weighted by Gasteiger charge is 2.31. The molecule has 1 aromatic heterocycles. The molecule has 3 rings (SSSR count). The van der Waals surface area contributed by atoms with E-state index in [1.54, 1.807) is 18.5 Å². The summed E-state index contributed by atoms with van der Waals surface area (Å²) in [4.78, 5) is 12.8. The molecule has 1 aliphatic rings. The molecule has 1 aromatic carbocycles. The summed E-state index contributed by atoms with van der Waals surface area (Å²) in [6, 6.07) is 8.97. The summed E-state index contributed by atoms with van der Waals surface area (Å²) < 4.78 is 28.8. The molecule has 2 aromatic rings. The van der Waals surface area contributed by atoms with Gasteiger partial charge in [-0.05, 0) is 50.5 Å². The molecule has 0 saturated carbocycles. The van der Waals surface area contributed by atoms with Crippen molar-refractivity contribution in [2.75, 3.05) is 18.4 Å². The molecule has 6 nitrogen and oxygen atoms in total. The van der Waals surface area contributed by atoms with Crippen LogP contribution in [0.2, 0.25) is 0 Å². The first-order chi connectivity index (χ1) is 11.8. The van der Waals surface area contributed by atoms with Crippen molar-refractivity contribution in [3.63, 3.8) is 0 Å². The van der Waals surface area contributed by atoms with E-state index in [9.17, 15) is 13.2 Å². The molecule has 1 saturated heterocycles. The van der Waals surface area contributed by atoms with Crippen molar-refractivity contribution in [3.05, 3.63) is 47.3 Å². The van der Waals surface area contributed by atoms with Crippen molar-refractivity contribution < 1.29 is 13.2 Å². The maximum absolute atomic E-state index is 12.8. The lowest BCUT2D eigenvalue weighted by molar-refractivity contribution is 0.101. The topological polar surface area (TPSA) is 71.4 Å². The first-order valence-corrected chi connectivity index (χ1v) is 9.79. The third kappa shape index (κ3) is 3.34. The first-order valence-electron chi connectivity index (χ1n) is 8.35. The van der Waals surface area contributed by atoms with Gasteiger partial charge in [0, 0.05) is 31.5 Å². The third-order valence-corrected chi connectivity index (χ3v) is 6.69. The Hall–Kier alpha value is -2.12. The predicted molar refractivity (Wildman–Crippen MR) is 97.3 cm³/mol. The van der Waals surface area contributed by atoms with Crippen molar-refractivity contribution in [2.45, 2.75) is 31.6 Å². The Balaban J connectivity index is 1.92. The lowest BCUT2D eigenvalue weighted by atomic mass is 10.2. The predicted octanol–water partition coefficient (Wildman–Crippen LogP) is 2.68. The smallest absolute Gasteiger partial charge is 0.272 e. The van der Waals surface area contributed by atoms with E-state index in [1.165, 1.54) is 10.4 Å². The van der Waals surface area contributed by atoms with Gasteiger partial charge < -0.3 is 9.88 Å². The van der Waals surface area contributed by atoms with Crippen LogP contribution in [-0.4, -0.2) is 36.3 Å². The number of aryl methyl sites for hydroxylation is 1. The van der Waals surface area contributed by atoms with E-state index < -0.39 is 10.0 Å². The molecule has 0 radical (unpaired) electrons. The fraction of sp³-hybridized carbons (Fsp3) is 0.389. The maximum Gasteiger partial charge on any atom is 0.272 e. The van der Waals surface area contributed by atoms with Crippen LogP contribution in [0.1, 0.15) is 34.6 Å². The summed E-state index contributed by atoms with van der Waals surface area (Å²) in [5, 5.41) is 2.83. The first kappa shape index (κ1) is 17.7. The van der Waals surface area contributed by atoms with Crippen molar-refractivity contribution in [2.24, 2.45) is 7.05 Å². The molecule has 1 aliphatic heterocycles. The van der Waals surface area contributed by atoms with Crippen LogP contribution in [0, 0.1) is 13.8 Å². The van der Waals surface area contributed by atoms with E-state index in [0.29, 0.717) is 30.2 Å². The van der Waals surface area contributed by atoms with Crippen molar-refractivity contribution in [1.82, 2.24) is 8.87 Å². The Labute approximate surface area is 148 Å². The van der Waals surface area contributed by atoms with Crippen molar-refractivity contribution in [1.29, 1.82) is 0 Å². The number of anilines is 1. The number of aromatic nitrogens is 1. The Kier molecular flexibility index (Phi) is 4.71. The van der Waals surface area contributed by atoms with Crippen LogP contribution in [0.15, 0.2) is 35.2 Å². The molecule has 1 N–H and O–H groups in total. The second-order valence-corrected chi connectivity index (χ2v) is 8.38. The minimum atomic E-state index is -3.55. The number of benzene rings is 1. The fourth-order valence-electron chi connectivity index (χ4n) is 3.14. The Morgan fingerprint density at radius 3 is 2.44 bits per heavy atom. The van der Waals surface area contributed by atoms with Gasteiger partial charge in [-0.3, -0.25) is 4.79 Å². The normalized spacial score (nSPS) is 15.5. The van der Waals surface area contributed by atoms with Gasteiger partial charge in [-0.1, -0.05) is 12.1 Å². The van der Waals surface area contributed by atoms with Crippen molar-refractivity contribution >= 4 is 21.6 Å². The number of nitrogens with zero attached hydrogens (tertiary/aromatic N) is 2. The van der Waals surface area contributed by atoms with Crippen LogP contribution in [0.25, 0.3) is 0 Å². The summed E-state index contributed by atoms with van der Waals surface area (Å²) in [5.74, 6) is -0.320. The van der Waals surface area contributed by atoms with Crippen LogP contribution in [0.4, 0.5) is 5.69 Å². The van der Waals surface area contributed by atoms with Gasteiger partial charge in [0.25, 0.3) is 5.91 Å². The van der Waals surface area contributed by atoms with E-state index in [-0.39, 0.29) is 10.8 Å². The number of amides is 1. The minimum absolute atomic E-state index is 0.214. The second kappa shape index (κ2) is 6.65. The number of carbonyl (C=O) groups is 1. The van der Waals surface area contributed by atoms with Gasteiger partial charge in [-0.15, -0.1) is 0 Å². The second-order valence-electron chi connectivity index (χ2n) is 6.47. The average molecular weight is 361 g/mol. The molecule has 0 unspecified atom stereocenters. The molecular formula is C18H23N3O3S. The Bertz CT molecular complexity index is 910. The molecule has 0 bridgehead atoms. The summed E-state index contributed by atoms with van der Waals surface area (Å²) in [6.45, 7) is 4.76. The maximum atomic E-state index is 12.8. The lowest BCUT2D eigenvalue weighted by Crippen LogP contribution is -2.28. The average Bonchev–Trinajstić information content (AvgIpc) is 3.18. The number of nitrogens with one attached hydrogen (secondary N) is 1. The van der Waals surface area contributed by atoms with Crippen molar-refractivity contribution in [3.8, 4) is 0 Å². The van der Waals surface area contributed by atoms with Gasteiger partial charge in [0.2, 0.25) is 10.0 Å². The fourth-order valence-corrected chi connectivity index (χ4v) is 4.92. The van der Waals surface area contributed by atoms with E-state index in [0.717, 1.165) is 18.4 Å². The van der Waals surface area contributed by atoms with E-state index in [2.05, 4.69) is 5.32 Å². The highest BCUT2D eigenvalue weighted by Crippen LogP contribution is 2.26. The van der Waals surface area contributed by atoms with Gasteiger partial charge >= 0.3 is 0 Å². The van der Waals surface area contributed by atoms with Gasteiger partial charge in [0.1, 0.15) is 10.6 Å². The molecular weight excluding hydrogens is 338 g/mol. The molecule has 134 valence electrons. The van der Waals surface area contributed by atoms with Crippen LogP contribution < -0.4 is 5.32 Å². The molecule has 0 atom stereocenters. The standard InChI is InChI=1S/C18H23N3O3S/c1-13-7-6-8-15(11-13)19-18(22)16-12-17(14(2)20(16)3)25(23,24)21-9-4-5-10-21/h6-8,11-12H,4-5,9-10H2,1-3H3,(H,19,22).